The van der Waals surface area contributed by atoms with E-state index < -0.39 is 0 Å². The van der Waals surface area contributed by atoms with Gasteiger partial charge in [0.05, 0.1) is 12.6 Å². The van der Waals surface area contributed by atoms with Gasteiger partial charge in [0, 0.05) is 19.0 Å². The van der Waals surface area contributed by atoms with Crippen molar-refractivity contribution >= 4 is 18.3 Å². The third-order valence-corrected chi connectivity index (χ3v) is 5.59. The molecule has 158 valence electrons. The van der Waals surface area contributed by atoms with E-state index >= 15 is 0 Å². The number of carbonyl (C=O) groups is 1. The van der Waals surface area contributed by atoms with Crippen LogP contribution < -0.4 is 15.8 Å². The highest BCUT2D eigenvalue weighted by atomic mass is 35.5. The summed E-state index contributed by atoms with van der Waals surface area (Å²) in [4.78, 5) is 14.8. The van der Waals surface area contributed by atoms with E-state index in [1.165, 1.54) is 5.56 Å². The fourth-order valence-corrected chi connectivity index (χ4v) is 3.90. The van der Waals surface area contributed by atoms with Crippen molar-refractivity contribution in [2.45, 2.75) is 25.8 Å². The summed E-state index contributed by atoms with van der Waals surface area (Å²) in [6, 6.07) is 18.2. The largest absolute Gasteiger partial charge is 0.492 e. The molecule has 0 radical (unpaired) electrons. The molecule has 1 aliphatic heterocycles. The van der Waals surface area contributed by atoms with Crippen LogP contribution in [0.2, 0.25) is 0 Å². The first-order valence-corrected chi connectivity index (χ1v) is 10.0. The normalized spacial score (nSPS) is 20.0. The number of carbonyl (C=O) groups excluding carboxylic acids is 1. The number of aryl methyl sites for hydroxylation is 1. The SMILES string of the molecule is Cc1cccc(OCCNC(=O)C(C)N2C[C@@H](CN)[C@H](c3ccccc3)C2)c1.Cl. The first kappa shape index (κ1) is 23.2. The highest BCUT2D eigenvalue weighted by Crippen LogP contribution is 2.33. The summed E-state index contributed by atoms with van der Waals surface area (Å²) in [5.41, 5.74) is 8.48. The minimum Gasteiger partial charge on any atom is -0.492 e. The summed E-state index contributed by atoms with van der Waals surface area (Å²) in [6.45, 7) is 7.30. The molecule has 29 heavy (non-hydrogen) atoms. The standard InChI is InChI=1S/C23H31N3O2.ClH/c1-17-7-6-10-21(13-17)28-12-11-25-23(27)18(2)26-15-20(14-24)22(16-26)19-8-4-3-5-9-19;/h3-10,13,18,20,22H,11-12,14-16,24H2,1-2H3,(H,25,27);1H/t18?,20-,22+;/m1./s1. The van der Waals surface area contributed by atoms with Crippen LogP contribution in [0.1, 0.15) is 24.0 Å². The molecule has 6 heteroatoms. The molecular weight excluding hydrogens is 386 g/mol. The quantitative estimate of drug-likeness (QED) is 0.648. The van der Waals surface area contributed by atoms with E-state index in [1.54, 1.807) is 0 Å². The van der Waals surface area contributed by atoms with Crippen LogP contribution in [0.5, 0.6) is 5.75 Å². The summed E-state index contributed by atoms with van der Waals surface area (Å²) < 4.78 is 5.71. The molecule has 0 aromatic heterocycles. The smallest absolute Gasteiger partial charge is 0.237 e. The van der Waals surface area contributed by atoms with Crippen LogP contribution in [0.3, 0.4) is 0 Å². The number of nitrogens with two attached hydrogens (primary N) is 1. The Morgan fingerprint density at radius 3 is 2.66 bits per heavy atom. The van der Waals surface area contributed by atoms with Crippen molar-refractivity contribution in [3.05, 3.63) is 65.7 Å². The van der Waals surface area contributed by atoms with Crippen LogP contribution in [-0.2, 0) is 4.79 Å². The molecule has 3 atom stereocenters. The number of halogens is 1. The zero-order valence-electron chi connectivity index (χ0n) is 17.2. The number of nitrogens with zero attached hydrogens (tertiary/aromatic N) is 1. The Labute approximate surface area is 180 Å². The van der Waals surface area contributed by atoms with E-state index in [4.69, 9.17) is 10.5 Å². The van der Waals surface area contributed by atoms with Gasteiger partial charge in [-0.05, 0) is 49.6 Å². The van der Waals surface area contributed by atoms with Gasteiger partial charge in [-0.3, -0.25) is 9.69 Å². The van der Waals surface area contributed by atoms with Gasteiger partial charge >= 0.3 is 0 Å². The lowest BCUT2D eigenvalue weighted by atomic mass is 9.89. The van der Waals surface area contributed by atoms with Gasteiger partial charge in [0.15, 0.2) is 0 Å². The molecule has 0 spiro atoms. The lowest BCUT2D eigenvalue weighted by molar-refractivity contribution is -0.125. The van der Waals surface area contributed by atoms with Crippen molar-refractivity contribution in [2.75, 3.05) is 32.8 Å². The number of rotatable bonds is 8. The maximum atomic E-state index is 12.6. The van der Waals surface area contributed by atoms with Gasteiger partial charge < -0.3 is 15.8 Å². The van der Waals surface area contributed by atoms with Crippen LogP contribution in [0.4, 0.5) is 0 Å². The molecule has 2 aromatic carbocycles. The van der Waals surface area contributed by atoms with Crippen LogP contribution in [0.15, 0.2) is 54.6 Å². The predicted octanol–water partition coefficient (Wildman–Crippen LogP) is 2.97. The molecule has 3 rings (SSSR count). The summed E-state index contributed by atoms with van der Waals surface area (Å²) in [5.74, 6) is 1.63. The average Bonchev–Trinajstić information content (AvgIpc) is 3.15. The Kier molecular flexibility index (Phi) is 8.96. The lowest BCUT2D eigenvalue weighted by Gasteiger charge is -2.23. The third kappa shape index (κ3) is 6.20. The Hall–Kier alpha value is -2.08. The van der Waals surface area contributed by atoms with Gasteiger partial charge in [0.2, 0.25) is 5.91 Å². The first-order valence-electron chi connectivity index (χ1n) is 10.0. The fourth-order valence-electron chi connectivity index (χ4n) is 3.90. The molecule has 1 amide bonds. The molecular formula is C23H32ClN3O2. The Bertz CT molecular complexity index is 772. The van der Waals surface area contributed by atoms with Crippen molar-refractivity contribution < 1.29 is 9.53 Å². The number of nitrogens with one attached hydrogen (secondary N) is 1. The van der Waals surface area contributed by atoms with Gasteiger partial charge in [-0.2, -0.15) is 0 Å². The number of amides is 1. The summed E-state index contributed by atoms with van der Waals surface area (Å²) in [7, 11) is 0. The zero-order chi connectivity index (χ0) is 19.9. The van der Waals surface area contributed by atoms with Gasteiger partial charge in [-0.25, -0.2) is 0 Å². The van der Waals surface area contributed by atoms with E-state index in [-0.39, 0.29) is 24.4 Å². The molecule has 1 aliphatic rings. The van der Waals surface area contributed by atoms with Crippen molar-refractivity contribution in [1.82, 2.24) is 10.2 Å². The molecule has 5 nitrogen and oxygen atoms in total. The topological polar surface area (TPSA) is 67.6 Å². The molecule has 1 saturated heterocycles. The maximum absolute atomic E-state index is 12.6. The van der Waals surface area contributed by atoms with Crippen molar-refractivity contribution in [3.63, 3.8) is 0 Å². The van der Waals surface area contributed by atoms with E-state index in [0.29, 0.717) is 31.5 Å². The fraction of sp³-hybridized carbons (Fsp3) is 0.435. The number of ether oxygens (including phenoxy) is 1. The minimum absolute atomic E-state index is 0. The van der Waals surface area contributed by atoms with E-state index in [9.17, 15) is 4.79 Å². The van der Waals surface area contributed by atoms with Crippen LogP contribution in [0.25, 0.3) is 0 Å². The van der Waals surface area contributed by atoms with E-state index in [1.807, 2.05) is 44.2 Å². The van der Waals surface area contributed by atoms with Crippen LogP contribution in [-0.4, -0.2) is 49.6 Å². The number of likely N-dealkylation sites (tertiary alicyclic amines) is 1. The maximum Gasteiger partial charge on any atom is 0.237 e. The van der Waals surface area contributed by atoms with E-state index in [0.717, 1.165) is 24.4 Å². The average molecular weight is 418 g/mol. The van der Waals surface area contributed by atoms with Gasteiger partial charge in [0.1, 0.15) is 12.4 Å². The highest BCUT2D eigenvalue weighted by Gasteiger charge is 2.36. The number of benzene rings is 2. The molecule has 1 unspecified atom stereocenters. The zero-order valence-corrected chi connectivity index (χ0v) is 18.0. The summed E-state index contributed by atoms with van der Waals surface area (Å²) in [6.07, 6.45) is 0. The number of hydrogen-bond acceptors (Lipinski definition) is 4. The van der Waals surface area contributed by atoms with Crippen molar-refractivity contribution in [2.24, 2.45) is 11.7 Å². The highest BCUT2D eigenvalue weighted by molar-refractivity contribution is 5.85. The second kappa shape index (κ2) is 11.2. The van der Waals surface area contributed by atoms with Gasteiger partial charge in [-0.15, -0.1) is 12.4 Å². The molecule has 1 heterocycles. The van der Waals surface area contributed by atoms with Crippen molar-refractivity contribution in [1.29, 1.82) is 0 Å². The molecule has 0 aliphatic carbocycles. The summed E-state index contributed by atoms with van der Waals surface area (Å²) in [5, 5.41) is 2.99. The second-order valence-corrected chi connectivity index (χ2v) is 7.60. The van der Waals surface area contributed by atoms with Gasteiger partial charge in [0.25, 0.3) is 0 Å². The Morgan fingerprint density at radius 1 is 1.21 bits per heavy atom. The molecule has 1 fully saturated rings. The first-order chi connectivity index (χ1) is 13.6. The summed E-state index contributed by atoms with van der Waals surface area (Å²) >= 11 is 0. The second-order valence-electron chi connectivity index (χ2n) is 7.60. The van der Waals surface area contributed by atoms with Crippen molar-refractivity contribution in [3.8, 4) is 5.75 Å². The molecule has 0 saturated carbocycles. The van der Waals surface area contributed by atoms with Crippen LogP contribution in [0, 0.1) is 12.8 Å². The monoisotopic (exact) mass is 417 g/mol. The van der Waals surface area contributed by atoms with Crippen LogP contribution >= 0.6 is 12.4 Å². The molecule has 3 N–H and O–H groups in total. The molecule has 2 aromatic rings. The minimum atomic E-state index is -0.179. The lowest BCUT2D eigenvalue weighted by Crippen LogP contribution is -2.45. The predicted molar refractivity (Wildman–Crippen MR) is 120 cm³/mol. The van der Waals surface area contributed by atoms with Gasteiger partial charge in [-0.1, -0.05) is 42.5 Å². The Morgan fingerprint density at radius 2 is 1.97 bits per heavy atom. The Balaban J connectivity index is 0.00000300. The number of hydrogen-bond donors (Lipinski definition) is 2. The third-order valence-electron chi connectivity index (χ3n) is 5.59. The van der Waals surface area contributed by atoms with E-state index in [2.05, 4.69) is 34.5 Å². The molecule has 0 bridgehead atoms.